The highest BCUT2D eigenvalue weighted by atomic mass is 32.2. The van der Waals surface area contributed by atoms with E-state index in [9.17, 15) is 5.11 Å². The highest BCUT2D eigenvalue weighted by Crippen LogP contribution is 2.37. The smallest absolute Gasteiger partial charge is 0.166 e. The third kappa shape index (κ3) is 4.87. The van der Waals surface area contributed by atoms with Crippen molar-refractivity contribution in [2.75, 3.05) is 0 Å². The fourth-order valence-corrected chi connectivity index (χ4v) is 5.42. The Morgan fingerprint density at radius 1 is 0.621 bits per heavy atom. The molecule has 0 unspecified atom stereocenters. The molecule has 0 bridgehead atoms. The van der Waals surface area contributed by atoms with Crippen molar-refractivity contribution in [2.24, 2.45) is 0 Å². The van der Waals surface area contributed by atoms with E-state index in [0.29, 0.717) is 0 Å². The molecule has 29 heavy (non-hydrogen) atoms. The molecule has 0 aliphatic carbocycles. The summed E-state index contributed by atoms with van der Waals surface area (Å²) in [5.74, 6) is 0.119. The standard InChI is InChI=1S/C27H32OS/c1-19-8-17-25(24(28)18-19)29(22-13-9-20(10-14-22)26(2,3)4)23-15-11-21(12-16-23)27(5,6)7/h8-18H,1-7H3. The molecule has 2 heteroatoms. The van der Waals surface area contributed by atoms with Gasteiger partial charge in [-0.15, -0.1) is 0 Å². The molecule has 0 atom stereocenters. The van der Waals surface area contributed by atoms with Crippen LogP contribution in [0.3, 0.4) is 0 Å². The average molecular weight is 405 g/mol. The van der Waals surface area contributed by atoms with Gasteiger partial charge in [-0.2, -0.15) is 0 Å². The summed E-state index contributed by atoms with van der Waals surface area (Å²) in [6.45, 7) is 15.3. The molecule has 0 saturated carbocycles. The molecule has 3 rings (SSSR count). The van der Waals surface area contributed by atoms with Gasteiger partial charge in [-0.25, -0.2) is 0 Å². The second-order valence-electron chi connectivity index (χ2n) is 9.81. The van der Waals surface area contributed by atoms with Crippen molar-refractivity contribution < 1.29 is 5.11 Å². The lowest BCUT2D eigenvalue weighted by Gasteiger charge is -2.21. The number of aryl methyl sites for hydroxylation is 1. The van der Waals surface area contributed by atoms with Crippen LogP contribution in [-0.2, 0) is 21.7 Å². The third-order valence-corrected chi connectivity index (χ3v) is 7.50. The molecular weight excluding hydrogens is 372 g/mol. The molecule has 3 aromatic rings. The van der Waals surface area contributed by atoms with Crippen molar-refractivity contribution in [3.05, 3.63) is 83.4 Å². The van der Waals surface area contributed by atoms with Crippen LogP contribution in [0.5, 0.6) is 5.75 Å². The summed E-state index contributed by atoms with van der Waals surface area (Å²) >= 11 is 0. The molecular formula is C27H32OS. The Morgan fingerprint density at radius 2 is 1.03 bits per heavy atom. The fourth-order valence-electron chi connectivity index (χ4n) is 3.36. The van der Waals surface area contributed by atoms with Crippen molar-refractivity contribution in [1.29, 1.82) is 0 Å². The van der Waals surface area contributed by atoms with E-state index in [1.807, 2.05) is 19.1 Å². The summed E-state index contributed by atoms with van der Waals surface area (Å²) in [7, 11) is -0.417. The van der Waals surface area contributed by atoms with Crippen molar-refractivity contribution in [2.45, 2.75) is 74.0 Å². The van der Waals surface area contributed by atoms with Gasteiger partial charge in [-0.3, -0.25) is 0 Å². The van der Waals surface area contributed by atoms with E-state index in [1.54, 1.807) is 6.07 Å². The van der Waals surface area contributed by atoms with Crippen LogP contribution in [0, 0.1) is 6.92 Å². The molecule has 0 radical (unpaired) electrons. The molecule has 0 aromatic heterocycles. The molecule has 0 amide bonds. The normalized spacial score (nSPS) is 12.4. The van der Waals surface area contributed by atoms with Gasteiger partial charge in [0.2, 0.25) is 0 Å². The maximum absolute atomic E-state index is 12.9. The van der Waals surface area contributed by atoms with Gasteiger partial charge < -0.3 is 5.11 Å². The first-order valence-electron chi connectivity index (χ1n) is 10.2. The third-order valence-electron chi connectivity index (χ3n) is 5.23. The van der Waals surface area contributed by atoms with Gasteiger partial charge in [0.05, 0.1) is 10.9 Å². The van der Waals surface area contributed by atoms with Crippen LogP contribution >= 0.6 is 0 Å². The predicted molar refractivity (Wildman–Crippen MR) is 123 cm³/mol. The Balaban J connectivity index is 2.12. The molecule has 1 nitrogen and oxygen atoms in total. The monoisotopic (exact) mass is 404 g/mol. The summed E-state index contributed by atoms with van der Waals surface area (Å²) < 4.78 is 0. The van der Waals surface area contributed by atoms with Crippen LogP contribution in [0.1, 0.15) is 58.2 Å². The first kappa shape index (κ1) is 21.5. The zero-order chi connectivity index (χ0) is 21.4. The highest BCUT2D eigenvalue weighted by Gasteiger charge is 2.30. The first-order valence-corrected chi connectivity index (χ1v) is 11.4. The maximum atomic E-state index is 12.9. The summed E-state index contributed by atoms with van der Waals surface area (Å²) in [5, 5.41) is 12.9. The number of benzene rings is 3. The van der Waals surface area contributed by atoms with Crippen LogP contribution < -0.4 is 5.11 Å². The molecule has 0 fully saturated rings. The van der Waals surface area contributed by atoms with E-state index in [0.717, 1.165) is 10.5 Å². The van der Waals surface area contributed by atoms with E-state index in [2.05, 4.69) is 90.1 Å². The van der Waals surface area contributed by atoms with Gasteiger partial charge in [0, 0.05) is 0 Å². The Kier molecular flexibility index (Phi) is 5.87. The predicted octanol–water partition coefficient (Wildman–Crippen LogP) is 6.76. The molecule has 3 aromatic carbocycles. The summed E-state index contributed by atoms with van der Waals surface area (Å²) in [4.78, 5) is 3.23. The molecule has 0 spiro atoms. The van der Waals surface area contributed by atoms with E-state index < -0.39 is 10.9 Å². The van der Waals surface area contributed by atoms with Crippen LogP contribution in [0.2, 0.25) is 0 Å². The SMILES string of the molecule is Cc1ccc([S+](c2ccc(C(C)(C)C)cc2)c2ccc(C(C)(C)C)cc2)c([O-])c1. The van der Waals surface area contributed by atoms with Crippen molar-refractivity contribution >= 4 is 10.9 Å². The van der Waals surface area contributed by atoms with Gasteiger partial charge >= 0.3 is 0 Å². The highest BCUT2D eigenvalue weighted by molar-refractivity contribution is 7.97. The zero-order valence-electron chi connectivity index (χ0n) is 18.7. The minimum atomic E-state index is -0.417. The first-order chi connectivity index (χ1) is 13.5. The molecule has 0 saturated heterocycles. The van der Waals surface area contributed by atoms with Crippen molar-refractivity contribution in [1.82, 2.24) is 0 Å². The Morgan fingerprint density at radius 3 is 1.38 bits per heavy atom. The van der Waals surface area contributed by atoms with Crippen molar-refractivity contribution in [3.8, 4) is 5.75 Å². The number of hydrogen-bond acceptors (Lipinski definition) is 1. The number of hydrogen-bond donors (Lipinski definition) is 0. The van der Waals surface area contributed by atoms with Crippen LogP contribution in [-0.4, -0.2) is 0 Å². The lowest BCUT2D eigenvalue weighted by atomic mass is 9.87. The Hall–Kier alpha value is -2.19. The molecule has 0 aliphatic rings. The zero-order valence-corrected chi connectivity index (χ0v) is 19.5. The van der Waals surface area contributed by atoms with Crippen LogP contribution in [0.15, 0.2) is 81.4 Å². The summed E-state index contributed by atoms with van der Waals surface area (Å²) in [6, 6.07) is 23.4. The fraction of sp³-hybridized carbons (Fsp3) is 0.333. The molecule has 0 aliphatic heterocycles. The van der Waals surface area contributed by atoms with Gasteiger partial charge in [0.15, 0.2) is 14.7 Å². The van der Waals surface area contributed by atoms with E-state index in [4.69, 9.17) is 0 Å². The second-order valence-corrected chi connectivity index (χ2v) is 11.8. The quantitative estimate of drug-likeness (QED) is 0.442. The van der Waals surface area contributed by atoms with E-state index in [1.165, 1.54) is 20.9 Å². The largest absolute Gasteiger partial charge is 0.869 e. The topological polar surface area (TPSA) is 23.1 Å². The number of rotatable bonds is 3. The van der Waals surface area contributed by atoms with Crippen LogP contribution in [0.25, 0.3) is 0 Å². The van der Waals surface area contributed by atoms with Gasteiger partial charge in [0.25, 0.3) is 0 Å². The summed E-state index contributed by atoms with van der Waals surface area (Å²) in [6.07, 6.45) is 0. The Bertz CT molecular complexity index is 914. The van der Waals surface area contributed by atoms with Crippen molar-refractivity contribution in [3.63, 3.8) is 0 Å². The Labute approximate surface area is 179 Å². The molecule has 152 valence electrons. The van der Waals surface area contributed by atoms with Gasteiger partial charge in [-0.05, 0) is 59.2 Å². The molecule has 0 heterocycles. The van der Waals surface area contributed by atoms with E-state index in [-0.39, 0.29) is 16.6 Å². The lowest BCUT2D eigenvalue weighted by molar-refractivity contribution is -0.272. The van der Waals surface area contributed by atoms with Gasteiger partial charge in [0.1, 0.15) is 0 Å². The van der Waals surface area contributed by atoms with Gasteiger partial charge in [-0.1, -0.05) is 89.3 Å². The minimum Gasteiger partial charge on any atom is -0.869 e. The maximum Gasteiger partial charge on any atom is 0.166 e. The summed E-state index contributed by atoms with van der Waals surface area (Å²) in [5.41, 5.74) is 3.84. The minimum absolute atomic E-state index is 0.110. The average Bonchev–Trinajstić information content (AvgIpc) is 2.63. The van der Waals surface area contributed by atoms with E-state index >= 15 is 0 Å². The lowest BCUT2D eigenvalue weighted by Crippen LogP contribution is -2.13. The van der Waals surface area contributed by atoms with Crippen LogP contribution in [0.4, 0.5) is 0 Å². The second kappa shape index (κ2) is 7.91. The molecule has 0 N–H and O–H groups in total.